The van der Waals surface area contributed by atoms with Crippen LogP contribution in [0, 0.1) is 0 Å². The lowest BCUT2D eigenvalue weighted by atomic mass is 10.2. The van der Waals surface area contributed by atoms with E-state index in [9.17, 15) is 13.5 Å². The molecule has 0 aliphatic carbocycles. The Hall–Kier alpha value is -2.18. The fraction of sp³-hybridized carbons (Fsp3) is 0.235. The molecule has 0 spiro atoms. The van der Waals surface area contributed by atoms with Crippen molar-refractivity contribution in [2.45, 2.75) is 18.7 Å². The Labute approximate surface area is 137 Å². The Kier molecular flexibility index (Phi) is 5.52. The third-order valence-corrected chi connectivity index (χ3v) is 5.53. The van der Waals surface area contributed by atoms with Crippen LogP contribution in [-0.4, -0.2) is 37.1 Å². The Morgan fingerprint density at radius 3 is 2.22 bits per heavy atom. The molecule has 0 fully saturated rings. The van der Waals surface area contributed by atoms with Crippen molar-refractivity contribution in [3.05, 3.63) is 54.1 Å². The fourth-order valence-electron chi connectivity index (χ4n) is 2.16. The molecule has 0 heterocycles. The quantitative estimate of drug-likeness (QED) is 0.826. The molecule has 6 heteroatoms. The molecule has 1 N–H and O–H groups in total. The second-order valence-electron chi connectivity index (χ2n) is 4.90. The number of aliphatic imine (C=N–C) groups is 1. The van der Waals surface area contributed by atoms with E-state index in [0.29, 0.717) is 24.3 Å². The zero-order valence-electron chi connectivity index (χ0n) is 13.2. The zero-order chi connectivity index (χ0) is 16.9. The summed E-state index contributed by atoms with van der Waals surface area (Å²) in [6.45, 7) is 4.50. The largest absolute Gasteiger partial charge is 0.507 e. The zero-order valence-corrected chi connectivity index (χ0v) is 14.0. The Morgan fingerprint density at radius 1 is 1.04 bits per heavy atom. The van der Waals surface area contributed by atoms with E-state index in [1.54, 1.807) is 54.7 Å². The van der Waals surface area contributed by atoms with Gasteiger partial charge in [0.05, 0.1) is 10.6 Å². The van der Waals surface area contributed by atoms with Gasteiger partial charge in [0.15, 0.2) is 0 Å². The standard InChI is InChI=1S/C17H20N2O3S/c1-3-19(4-2)23(21,22)16-11-9-15(10-12-16)18-13-14-7-5-6-8-17(14)20/h5-13,20H,3-4H2,1-2H3. The molecule has 0 saturated heterocycles. The first-order chi connectivity index (χ1) is 11.0. The second kappa shape index (κ2) is 7.39. The third kappa shape index (κ3) is 3.97. The maximum atomic E-state index is 12.4. The number of aromatic hydroxyl groups is 1. The van der Waals surface area contributed by atoms with Gasteiger partial charge >= 0.3 is 0 Å². The van der Waals surface area contributed by atoms with Crippen LogP contribution in [0.3, 0.4) is 0 Å². The number of nitrogens with zero attached hydrogens (tertiary/aromatic N) is 2. The molecule has 0 aromatic heterocycles. The van der Waals surface area contributed by atoms with E-state index in [2.05, 4.69) is 4.99 Å². The third-order valence-electron chi connectivity index (χ3n) is 3.47. The molecular formula is C17H20N2O3S. The lowest BCUT2D eigenvalue weighted by Gasteiger charge is -2.18. The predicted octanol–water partition coefficient (Wildman–Crippen LogP) is 3.17. The van der Waals surface area contributed by atoms with Crippen LogP contribution < -0.4 is 0 Å². The first kappa shape index (κ1) is 17.2. The van der Waals surface area contributed by atoms with E-state index in [1.165, 1.54) is 4.31 Å². The predicted molar refractivity (Wildman–Crippen MR) is 91.9 cm³/mol. The summed E-state index contributed by atoms with van der Waals surface area (Å²) >= 11 is 0. The van der Waals surface area contributed by atoms with Crippen LogP contribution in [0.2, 0.25) is 0 Å². The van der Waals surface area contributed by atoms with Gasteiger partial charge in [-0.15, -0.1) is 0 Å². The number of benzene rings is 2. The minimum atomic E-state index is -3.45. The van der Waals surface area contributed by atoms with Gasteiger partial charge in [-0.05, 0) is 36.4 Å². The highest BCUT2D eigenvalue weighted by atomic mass is 32.2. The maximum absolute atomic E-state index is 12.4. The van der Waals surface area contributed by atoms with Crippen LogP contribution in [0.25, 0.3) is 0 Å². The van der Waals surface area contributed by atoms with Crippen molar-refractivity contribution in [3.63, 3.8) is 0 Å². The van der Waals surface area contributed by atoms with Crippen molar-refractivity contribution in [1.29, 1.82) is 0 Å². The highest BCUT2D eigenvalue weighted by Crippen LogP contribution is 2.20. The average Bonchev–Trinajstić information content (AvgIpc) is 2.55. The topological polar surface area (TPSA) is 70.0 Å². The summed E-state index contributed by atoms with van der Waals surface area (Å²) in [5.41, 5.74) is 1.22. The number of phenols is 1. The van der Waals surface area contributed by atoms with Gasteiger partial charge in [-0.25, -0.2) is 8.42 Å². The van der Waals surface area contributed by atoms with Gasteiger partial charge in [0.1, 0.15) is 5.75 Å². The number of hydrogen-bond donors (Lipinski definition) is 1. The first-order valence-corrected chi connectivity index (χ1v) is 8.85. The molecular weight excluding hydrogens is 312 g/mol. The smallest absolute Gasteiger partial charge is 0.243 e. The summed E-state index contributed by atoms with van der Waals surface area (Å²) < 4.78 is 26.2. The van der Waals surface area contributed by atoms with Crippen molar-refractivity contribution < 1.29 is 13.5 Å². The number of hydrogen-bond acceptors (Lipinski definition) is 4. The van der Waals surface area contributed by atoms with E-state index in [-0.39, 0.29) is 10.6 Å². The summed E-state index contributed by atoms with van der Waals surface area (Å²) in [5.74, 6) is 0.150. The summed E-state index contributed by atoms with van der Waals surface area (Å²) in [5, 5.41) is 9.68. The van der Waals surface area contributed by atoms with E-state index in [4.69, 9.17) is 0 Å². The molecule has 0 radical (unpaired) electrons. The Balaban J connectivity index is 2.22. The van der Waals surface area contributed by atoms with Gasteiger partial charge in [-0.2, -0.15) is 4.31 Å². The van der Waals surface area contributed by atoms with Crippen LogP contribution in [0.4, 0.5) is 5.69 Å². The Bertz CT molecular complexity index is 780. The Morgan fingerprint density at radius 2 is 1.65 bits per heavy atom. The van der Waals surface area contributed by atoms with Gasteiger partial charge in [0.2, 0.25) is 10.0 Å². The molecule has 0 unspecified atom stereocenters. The average molecular weight is 332 g/mol. The van der Waals surface area contributed by atoms with Crippen molar-refractivity contribution in [1.82, 2.24) is 4.31 Å². The van der Waals surface area contributed by atoms with Crippen molar-refractivity contribution in [2.24, 2.45) is 4.99 Å². The minimum Gasteiger partial charge on any atom is -0.507 e. The van der Waals surface area contributed by atoms with Crippen molar-refractivity contribution >= 4 is 21.9 Å². The van der Waals surface area contributed by atoms with Gasteiger partial charge in [0, 0.05) is 24.9 Å². The number of sulfonamides is 1. The lowest BCUT2D eigenvalue weighted by molar-refractivity contribution is 0.445. The maximum Gasteiger partial charge on any atom is 0.243 e. The number of para-hydroxylation sites is 1. The summed E-state index contributed by atoms with van der Waals surface area (Å²) in [7, 11) is -3.45. The van der Waals surface area contributed by atoms with E-state index in [0.717, 1.165) is 0 Å². The lowest BCUT2D eigenvalue weighted by Crippen LogP contribution is -2.30. The number of phenolic OH excluding ortho intramolecular Hbond substituents is 1. The number of rotatable bonds is 6. The molecule has 122 valence electrons. The summed E-state index contributed by atoms with van der Waals surface area (Å²) in [6, 6.07) is 13.3. The molecule has 23 heavy (non-hydrogen) atoms. The van der Waals surface area contributed by atoms with Crippen LogP contribution in [0.15, 0.2) is 58.4 Å². The van der Waals surface area contributed by atoms with Crippen molar-refractivity contribution in [3.8, 4) is 5.75 Å². The molecule has 0 aliphatic rings. The molecule has 0 saturated carbocycles. The van der Waals surface area contributed by atoms with E-state index >= 15 is 0 Å². The van der Waals surface area contributed by atoms with Gasteiger partial charge < -0.3 is 5.11 Å². The fourth-order valence-corrected chi connectivity index (χ4v) is 3.62. The second-order valence-corrected chi connectivity index (χ2v) is 6.84. The monoisotopic (exact) mass is 332 g/mol. The van der Waals surface area contributed by atoms with Gasteiger partial charge in [0.25, 0.3) is 0 Å². The van der Waals surface area contributed by atoms with Gasteiger partial charge in [-0.3, -0.25) is 4.99 Å². The van der Waals surface area contributed by atoms with E-state index < -0.39 is 10.0 Å². The SMILES string of the molecule is CCN(CC)S(=O)(=O)c1ccc(N=Cc2ccccc2O)cc1. The summed E-state index contributed by atoms with van der Waals surface area (Å²) in [4.78, 5) is 4.50. The molecule has 0 amide bonds. The highest BCUT2D eigenvalue weighted by molar-refractivity contribution is 7.89. The molecule has 2 aromatic rings. The molecule has 5 nitrogen and oxygen atoms in total. The van der Waals surface area contributed by atoms with Crippen LogP contribution >= 0.6 is 0 Å². The molecule has 0 bridgehead atoms. The van der Waals surface area contributed by atoms with Crippen LogP contribution in [0.5, 0.6) is 5.75 Å². The van der Waals surface area contributed by atoms with Crippen molar-refractivity contribution in [2.75, 3.05) is 13.1 Å². The molecule has 2 aromatic carbocycles. The first-order valence-electron chi connectivity index (χ1n) is 7.41. The van der Waals surface area contributed by atoms with E-state index in [1.807, 2.05) is 13.8 Å². The summed E-state index contributed by atoms with van der Waals surface area (Å²) in [6.07, 6.45) is 1.54. The minimum absolute atomic E-state index is 0.150. The molecule has 0 atom stereocenters. The van der Waals surface area contributed by atoms with Gasteiger partial charge in [-0.1, -0.05) is 26.0 Å². The van der Waals surface area contributed by atoms with Crippen LogP contribution in [0.1, 0.15) is 19.4 Å². The molecule has 0 aliphatic heterocycles. The normalized spacial score (nSPS) is 12.1. The van der Waals surface area contributed by atoms with Crippen LogP contribution in [-0.2, 0) is 10.0 Å². The molecule has 2 rings (SSSR count). The highest BCUT2D eigenvalue weighted by Gasteiger charge is 2.20.